The van der Waals surface area contributed by atoms with E-state index in [0.717, 1.165) is 12.8 Å². The van der Waals surface area contributed by atoms with Gasteiger partial charge in [-0.2, -0.15) is 0 Å². The Morgan fingerprint density at radius 3 is 2.82 bits per heavy atom. The molecule has 3 atom stereocenters. The maximum atomic E-state index is 11.4. The van der Waals surface area contributed by atoms with E-state index >= 15 is 0 Å². The summed E-state index contributed by atoms with van der Waals surface area (Å²) in [5.41, 5.74) is 0.0538. The number of rotatable bonds is 0. The summed E-state index contributed by atoms with van der Waals surface area (Å²) in [6.07, 6.45) is 4.82. The molecule has 2 aliphatic carbocycles. The van der Waals surface area contributed by atoms with Gasteiger partial charge in [0.15, 0.2) is 0 Å². The first-order valence-electron chi connectivity index (χ1n) is 4.51. The molecule has 3 fully saturated rings. The van der Waals surface area contributed by atoms with E-state index in [-0.39, 0.29) is 11.4 Å². The highest BCUT2D eigenvalue weighted by molar-refractivity contribution is 5.82. The van der Waals surface area contributed by atoms with Gasteiger partial charge in [-0.15, -0.1) is 0 Å². The zero-order valence-corrected chi connectivity index (χ0v) is 6.51. The molecule has 3 aliphatic rings. The highest BCUT2D eigenvalue weighted by Gasteiger charge is 2.69. The molecule has 2 saturated carbocycles. The lowest BCUT2D eigenvalue weighted by Crippen LogP contribution is -2.32. The Morgan fingerprint density at radius 2 is 2.09 bits per heavy atom. The van der Waals surface area contributed by atoms with Crippen molar-refractivity contribution in [2.45, 2.75) is 25.7 Å². The number of carbonyl (C=O) groups excluding carboxylic acids is 1. The average molecular weight is 152 g/mol. The molecule has 0 radical (unpaired) electrons. The summed E-state index contributed by atoms with van der Waals surface area (Å²) in [6.45, 7) is 0.679. The Labute approximate surface area is 65.9 Å². The van der Waals surface area contributed by atoms with Crippen LogP contribution in [-0.4, -0.2) is 12.6 Å². The molecule has 11 heavy (non-hydrogen) atoms. The second-order valence-electron chi connectivity index (χ2n) is 4.14. The minimum atomic E-state index is 0.0538. The van der Waals surface area contributed by atoms with E-state index < -0.39 is 0 Å². The average Bonchev–Trinajstić information content (AvgIpc) is 2.62. The monoisotopic (exact) mass is 152 g/mol. The molecule has 2 nitrogen and oxygen atoms in total. The Hall–Kier alpha value is -0.530. The highest BCUT2D eigenvalue weighted by Crippen LogP contribution is 2.69. The first-order chi connectivity index (χ1) is 5.34. The first-order valence-corrected chi connectivity index (χ1v) is 4.51. The van der Waals surface area contributed by atoms with E-state index in [0.29, 0.717) is 18.4 Å². The van der Waals surface area contributed by atoms with E-state index in [2.05, 4.69) is 0 Å². The molecule has 1 spiro atoms. The molecule has 1 saturated heterocycles. The maximum absolute atomic E-state index is 11.4. The Kier molecular flexibility index (Phi) is 0.890. The van der Waals surface area contributed by atoms with Gasteiger partial charge >= 0.3 is 5.97 Å². The van der Waals surface area contributed by atoms with Crippen LogP contribution in [0.25, 0.3) is 0 Å². The van der Waals surface area contributed by atoms with E-state index in [1.807, 2.05) is 0 Å². The van der Waals surface area contributed by atoms with Crippen LogP contribution >= 0.6 is 0 Å². The molecule has 0 amide bonds. The van der Waals surface area contributed by atoms with Gasteiger partial charge in [-0.05, 0) is 37.5 Å². The number of hydrogen-bond acceptors (Lipinski definition) is 2. The third-order valence-electron chi connectivity index (χ3n) is 3.82. The normalized spacial score (nSPS) is 52.9. The third-order valence-corrected chi connectivity index (χ3v) is 3.82. The molecule has 60 valence electrons. The van der Waals surface area contributed by atoms with Crippen molar-refractivity contribution in [3.05, 3.63) is 0 Å². The lowest BCUT2D eigenvalue weighted by molar-refractivity contribution is -0.158. The molecule has 3 rings (SSSR count). The third kappa shape index (κ3) is 0.534. The van der Waals surface area contributed by atoms with Crippen LogP contribution in [0.15, 0.2) is 0 Å². The molecule has 1 aliphatic heterocycles. The Morgan fingerprint density at radius 1 is 1.27 bits per heavy atom. The van der Waals surface area contributed by atoms with Crippen LogP contribution in [-0.2, 0) is 9.53 Å². The molecule has 0 bridgehead atoms. The van der Waals surface area contributed by atoms with E-state index in [9.17, 15) is 4.79 Å². The van der Waals surface area contributed by atoms with Crippen molar-refractivity contribution in [2.24, 2.45) is 17.3 Å². The molecule has 0 N–H and O–H groups in total. The number of ether oxygens (including phenoxy) is 1. The largest absolute Gasteiger partial charge is 0.465 e. The lowest BCUT2D eigenvalue weighted by Gasteiger charge is -2.26. The molecule has 1 heterocycles. The molecule has 0 unspecified atom stereocenters. The quantitative estimate of drug-likeness (QED) is 0.490. The summed E-state index contributed by atoms with van der Waals surface area (Å²) < 4.78 is 5.10. The summed E-state index contributed by atoms with van der Waals surface area (Å²) in [4.78, 5) is 11.4. The van der Waals surface area contributed by atoms with Crippen molar-refractivity contribution in [1.82, 2.24) is 0 Å². The molecular weight excluding hydrogens is 140 g/mol. The fourth-order valence-corrected chi connectivity index (χ4v) is 3.12. The van der Waals surface area contributed by atoms with Gasteiger partial charge in [-0.1, -0.05) is 0 Å². The van der Waals surface area contributed by atoms with Crippen LogP contribution in [0.3, 0.4) is 0 Å². The summed E-state index contributed by atoms with van der Waals surface area (Å²) >= 11 is 0. The van der Waals surface area contributed by atoms with Crippen molar-refractivity contribution in [3.63, 3.8) is 0 Å². The highest BCUT2D eigenvalue weighted by atomic mass is 16.5. The zero-order valence-electron chi connectivity index (χ0n) is 6.51. The Balaban J connectivity index is 1.98. The van der Waals surface area contributed by atoms with Crippen molar-refractivity contribution >= 4 is 5.97 Å². The predicted octanol–water partition coefficient (Wildman–Crippen LogP) is 1.35. The van der Waals surface area contributed by atoms with Gasteiger partial charge in [0.2, 0.25) is 0 Å². The van der Waals surface area contributed by atoms with Gasteiger partial charge < -0.3 is 4.74 Å². The van der Waals surface area contributed by atoms with Gasteiger partial charge in [0.1, 0.15) is 0 Å². The summed E-state index contributed by atoms with van der Waals surface area (Å²) in [7, 11) is 0. The van der Waals surface area contributed by atoms with Crippen LogP contribution in [0.1, 0.15) is 25.7 Å². The summed E-state index contributed by atoms with van der Waals surface area (Å²) in [5, 5.41) is 0. The first kappa shape index (κ1) is 6.04. The predicted molar refractivity (Wildman–Crippen MR) is 38.8 cm³/mol. The van der Waals surface area contributed by atoms with Crippen LogP contribution in [0.2, 0.25) is 0 Å². The minimum absolute atomic E-state index is 0.0538. The fraction of sp³-hybridized carbons (Fsp3) is 0.889. The van der Waals surface area contributed by atoms with Crippen LogP contribution in [0.4, 0.5) is 0 Å². The fourth-order valence-electron chi connectivity index (χ4n) is 3.12. The molecule has 0 aromatic heterocycles. The second-order valence-corrected chi connectivity index (χ2v) is 4.14. The van der Waals surface area contributed by atoms with Crippen molar-refractivity contribution in [2.75, 3.05) is 6.61 Å². The smallest absolute Gasteiger partial charge is 0.312 e. The number of esters is 1. The van der Waals surface area contributed by atoms with Crippen LogP contribution in [0.5, 0.6) is 0 Å². The second kappa shape index (κ2) is 1.62. The lowest BCUT2D eigenvalue weighted by atomic mass is 9.86. The minimum Gasteiger partial charge on any atom is -0.465 e. The topological polar surface area (TPSA) is 26.3 Å². The SMILES string of the molecule is O=C1OCC[C@@H]2CC[C@H]3C[C@@]123. The maximum Gasteiger partial charge on any atom is 0.312 e. The Bertz CT molecular complexity index is 224. The van der Waals surface area contributed by atoms with E-state index in [1.54, 1.807) is 0 Å². The standard InChI is InChI=1S/C9H12O2/c10-8-9-5-7(9)2-1-6(9)3-4-11-8/h6-7H,1-5H2/t6-,7-,9+/m0/s1. The van der Waals surface area contributed by atoms with E-state index in [1.165, 1.54) is 12.8 Å². The number of carbonyl (C=O) groups is 1. The number of cyclic esters (lactones) is 1. The summed E-state index contributed by atoms with van der Waals surface area (Å²) in [6, 6.07) is 0. The number of hydrogen-bond donors (Lipinski definition) is 0. The van der Waals surface area contributed by atoms with Gasteiger partial charge in [0, 0.05) is 0 Å². The van der Waals surface area contributed by atoms with Crippen molar-refractivity contribution in [3.8, 4) is 0 Å². The van der Waals surface area contributed by atoms with Gasteiger partial charge in [0.25, 0.3) is 0 Å². The van der Waals surface area contributed by atoms with Crippen molar-refractivity contribution in [1.29, 1.82) is 0 Å². The zero-order chi connectivity index (χ0) is 7.47. The van der Waals surface area contributed by atoms with Gasteiger partial charge in [-0.3, -0.25) is 4.79 Å². The van der Waals surface area contributed by atoms with Crippen LogP contribution < -0.4 is 0 Å². The molecule has 2 heteroatoms. The molecular formula is C9H12O2. The van der Waals surface area contributed by atoms with Crippen molar-refractivity contribution < 1.29 is 9.53 Å². The van der Waals surface area contributed by atoms with Crippen LogP contribution in [0, 0.1) is 17.3 Å². The summed E-state index contributed by atoms with van der Waals surface area (Å²) in [5.74, 6) is 1.52. The van der Waals surface area contributed by atoms with Gasteiger partial charge in [-0.25, -0.2) is 0 Å². The van der Waals surface area contributed by atoms with E-state index in [4.69, 9.17) is 4.74 Å². The molecule has 0 aromatic rings. The molecule has 0 aromatic carbocycles. The van der Waals surface area contributed by atoms with Gasteiger partial charge in [0.05, 0.1) is 12.0 Å².